The molecule has 0 aromatic carbocycles. The number of nitrogens with one attached hydrogen (secondary N) is 1. The molecule has 2 N–H and O–H groups in total. The number of anilines is 1. The Balaban J connectivity index is 2.13. The van der Waals surface area contributed by atoms with Crippen LogP contribution in [0.3, 0.4) is 0 Å². The number of pyridine rings is 1. The lowest BCUT2D eigenvalue weighted by Crippen LogP contribution is -2.06. The molecule has 0 amide bonds. The predicted molar refractivity (Wildman–Crippen MR) is 60.9 cm³/mol. The molecule has 0 spiro atoms. The van der Waals surface area contributed by atoms with Gasteiger partial charge in [-0.3, -0.25) is 0 Å². The summed E-state index contributed by atoms with van der Waals surface area (Å²) in [6.45, 7) is 3.92. The third-order valence-electron chi connectivity index (χ3n) is 2.80. The molecule has 0 bridgehead atoms. The largest absolute Gasteiger partial charge is 0.388 e. The monoisotopic (exact) mass is 206 g/mol. The van der Waals surface area contributed by atoms with Crippen molar-refractivity contribution in [3.63, 3.8) is 0 Å². The molecule has 1 aromatic rings. The Kier molecular flexibility index (Phi) is 2.91. The summed E-state index contributed by atoms with van der Waals surface area (Å²) in [4.78, 5) is 4.45. The summed E-state index contributed by atoms with van der Waals surface area (Å²) in [5, 5.41) is 13.1. The summed E-state index contributed by atoms with van der Waals surface area (Å²) in [6.07, 6.45) is 2.85. The molecule has 1 atom stereocenters. The van der Waals surface area contributed by atoms with Gasteiger partial charge in [0.2, 0.25) is 0 Å². The van der Waals surface area contributed by atoms with Crippen molar-refractivity contribution >= 4 is 5.82 Å². The van der Waals surface area contributed by atoms with Gasteiger partial charge in [0.1, 0.15) is 5.82 Å². The highest BCUT2D eigenvalue weighted by molar-refractivity contribution is 5.41. The lowest BCUT2D eigenvalue weighted by Gasteiger charge is -2.12. The van der Waals surface area contributed by atoms with Crippen LogP contribution in [0.1, 0.15) is 43.5 Å². The van der Waals surface area contributed by atoms with Gasteiger partial charge in [0.15, 0.2) is 0 Å². The third kappa shape index (κ3) is 2.48. The highest BCUT2D eigenvalue weighted by atomic mass is 16.3. The molecule has 3 heteroatoms. The third-order valence-corrected chi connectivity index (χ3v) is 2.80. The lowest BCUT2D eigenvalue weighted by molar-refractivity contribution is 0.172. The number of rotatable bonds is 4. The Hall–Kier alpha value is -1.09. The maximum absolute atomic E-state index is 9.73. The first kappa shape index (κ1) is 10.4. The van der Waals surface area contributed by atoms with Gasteiger partial charge in [-0.05, 0) is 32.3 Å². The van der Waals surface area contributed by atoms with E-state index in [9.17, 15) is 5.11 Å². The van der Waals surface area contributed by atoms with Gasteiger partial charge in [-0.1, -0.05) is 13.0 Å². The van der Waals surface area contributed by atoms with Gasteiger partial charge in [0, 0.05) is 17.3 Å². The molecule has 3 nitrogen and oxygen atoms in total. The number of aromatic nitrogens is 1. The Morgan fingerprint density at radius 1 is 1.53 bits per heavy atom. The van der Waals surface area contributed by atoms with Gasteiger partial charge in [-0.2, -0.15) is 0 Å². The average Bonchev–Trinajstić information content (AvgIpc) is 3.01. The molecule has 0 radical (unpaired) electrons. The maximum atomic E-state index is 9.73. The number of aliphatic hydroxyl groups excluding tert-OH is 1. The van der Waals surface area contributed by atoms with E-state index in [1.165, 1.54) is 12.8 Å². The van der Waals surface area contributed by atoms with Crippen molar-refractivity contribution in [2.24, 2.45) is 0 Å². The smallest absolute Gasteiger partial charge is 0.126 e. The summed E-state index contributed by atoms with van der Waals surface area (Å²) in [5.74, 6) is 0.932. The summed E-state index contributed by atoms with van der Waals surface area (Å²) in [6, 6.07) is 4.56. The van der Waals surface area contributed by atoms with Crippen molar-refractivity contribution in [2.75, 3.05) is 5.32 Å². The molecule has 2 rings (SSSR count). The van der Waals surface area contributed by atoms with E-state index in [0.717, 1.165) is 23.5 Å². The Morgan fingerprint density at radius 3 is 2.80 bits per heavy atom. The van der Waals surface area contributed by atoms with E-state index >= 15 is 0 Å². The molecule has 1 aliphatic rings. The predicted octanol–water partition coefficient (Wildman–Crippen LogP) is 2.41. The van der Waals surface area contributed by atoms with E-state index in [-0.39, 0.29) is 6.10 Å². The molecular formula is C12H18N2O. The second-order valence-electron chi connectivity index (χ2n) is 4.21. The van der Waals surface area contributed by atoms with Gasteiger partial charge < -0.3 is 10.4 Å². The van der Waals surface area contributed by atoms with Crippen LogP contribution in [0.25, 0.3) is 0 Å². The number of hydrogen-bond donors (Lipinski definition) is 2. The summed E-state index contributed by atoms with van der Waals surface area (Å²) in [7, 11) is 0. The Bertz CT molecular complexity index is 347. The van der Waals surface area contributed by atoms with Crippen LogP contribution < -0.4 is 5.32 Å². The maximum Gasteiger partial charge on any atom is 0.126 e. The van der Waals surface area contributed by atoms with E-state index < -0.39 is 0 Å². The first-order chi connectivity index (χ1) is 7.20. The Labute approximate surface area is 90.5 Å². The SMILES string of the molecule is CC[C@@H](O)c1ccc(NC2CC2)nc1C. The first-order valence-corrected chi connectivity index (χ1v) is 5.63. The highest BCUT2D eigenvalue weighted by Crippen LogP contribution is 2.25. The van der Waals surface area contributed by atoms with Crippen LogP contribution >= 0.6 is 0 Å². The Morgan fingerprint density at radius 2 is 2.27 bits per heavy atom. The number of aryl methyl sites for hydroxylation is 1. The molecule has 1 fully saturated rings. The molecule has 82 valence electrons. The van der Waals surface area contributed by atoms with E-state index in [1.807, 2.05) is 26.0 Å². The number of nitrogens with zero attached hydrogens (tertiary/aromatic N) is 1. The van der Waals surface area contributed by atoms with Crippen LogP contribution in [0.4, 0.5) is 5.82 Å². The van der Waals surface area contributed by atoms with Gasteiger partial charge >= 0.3 is 0 Å². The molecule has 0 saturated heterocycles. The van der Waals surface area contributed by atoms with Gasteiger partial charge in [0.25, 0.3) is 0 Å². The van der Waals surface area contributed by atoms with Crippen molar-refractivity contribution in [3.05, 3.63) is 23.4 Å². The van der Waals surface area contributed by atoms with Gasteiger partial charge in [-0.15, -0.1) is 0 Å². The quantitative estimate of drug-likeness (QED) is 0.795. The van der Waals surface area contributed by atoms with Crippen LogP contribution in [0.2, 0.25) is 0 Å². The second-order valence-corrected chi connectivity index (χ2v) is 4.21. The summed E-state index contributed by atoms with van der Waals surface area (Å²) >= 11 is 0. The molecule has 15 heavy (non-hydrogen) atoms. The van der Waals surface area contributed by atoms with Gasteiger partial charge in [0.05, 0.1) is 6.10 Å². The van der Waals surface area contributed by atoms with Crippen LogP contribution in [0.15, 0.2) is 12.1 Å². The van der Waals surface area contributed by atoms with Crippen LogP contribution in [0, 0.1) is 6.92 Å². The normalized spacial score (nSPS) is 17.5. The lowest BCUT2D eigenvalue weighted by atomic mass is 10.1. The molecule has 1 heterocycles. The molecular weight excluding hydrogens is 188 g/mol. The topological polar surface area (TPSA) is 45.1 Å². The van der Waals surface area contributed by atoms with Crippen molar-refractivity contribution < 1.29 is 5.11 Å². The van der Waals surface area contributed by atoms with Crippen LogP contribution in [-0.2, 0) is 0 Å². The molecule has 0 unspecified atom stereocenters. The van der Waals surface area contributed by atoms with Gasteiger partial charge in [-0.25, -0.2) is 4.98 Å². The number of aliphatic hydroxyl groups is 1. The minimum atomic E-state index is -0.382. The van der Waals surface area contributed by atoms with E-state index in [0.29, 0.717) is 6.04 Å². The first-order valence-electron chi connectivity index (χ1n) is 5.63. The van der Waals surface area contributed by atoms with Crippen molar-refractivity contribution in [1.29, 1.82) is 0 Å². The molecule has 1 aromatic heterocycles. The fourth-order valence-corrected chi connectivity index (χ4v) is 1.66. The zero-order valence-corrected chi connectivity index (χ0v) is 9.33. The number of hydrogen-bond acceptors (Lipinski definition) is 3. The van der Waals surface area contributed by atoms with E-state index in [2.05, 4.69) is 10.3 Å². The van der Waals surface area contributed by atoms with Crippen molar-refractivity contribution in [2.45, 2.75) is 45.3 Å². The standard InChI is InChI=1S/C12H18N2O/c1-3-11(15)10-6-7-12(13-8(10)2)14-9-4-5-9/h6-7,9,11,15H,3-5H2,1-2H3,(H,13,14)/t11-/m1/s1. The molecule has 0 aliphatic heterocycles. The zero-order chi connectivity index (χ0) is 10.8. The van der Waals surface area contributed by atoms with E-state index in [1.54, 1.807) is 0 Å². The van der Waals surface area contributed by atoms with Crippen molar-refractivity contribution in [1.82, 2.24) is 4.98 Å². The van der Waals surface area contributed by atoms with Crippen molar-refractivity contribution in [3.8, 4) is 0 Å². The highest BCUT2D eigenvalue weighted by Gasteiger charge is 2.21. The fraction of sp³-hybridized carbons (Fsp3) is 0.583. The van der Waals surface area contributed by atoms with Crippen LogP contribution in [-0.4, -0.2) is 16.1 Å². The molecule has 1 aliphatic carbocycles. The zero-order valence-electron chi connectivity index (χ0n) is 9.33. The molecule has 1 saturated carbocycles. The second kappa shape index (κ2) is 4.19. The summed E-state index contributed by atoms with van der Waals surface area (Å²) in [5.41, 5.74) is 1.87. The minimum Gasteiger partial charge on any atom is -0.388 e. The minimum absolute atomic E-state index is 0.382. The fourth-order valence-electron chi connectivity index (χ4n) is 1.66. The van der Waals surface area contributed by atoms with E-state index in [4.69, 9.17) is 0 Å². The van der Waals surface area contributed by atoms with Crippen LogP contribution in [0.5, 0.6) is 0 Å². The summed E-state index contributed by atoms with van der Waals surface area (Å²) < 4.78 is 0. The average molecular weight is 206 g/mol.